The SMILES string of the molecule is CC1CCC(CCC(=O)NC(Cc2cc(Cl)cc(Cl)c2)C(=O)O)O1. The van der Waals surface area contributed by atoms with E-state index in [9.17, 15) is 14.7 Å². The number of nitrogens with one attached hydrogen (secondary N) is 1. The van der Waals surface area contributed by atoms with Crippen LogP contribution < -0.4 is 5.32 Å². The van der Waals surface area contributed by atoms with Crippen LogP contribution >= 0.6 is 23.2 Å². The summed E-state index contributed by atoms with van der Waals surface area (Å²) in [6.45, 7) is 2.01. The lowest BCUT2D eigenvalue weighted by Crippen LogP contribution is -2.42. The highest BCUT2D eigenvalue weighted by Gasteiger charge is 2.24. The summed E-state index contributed by atoms with van der Waals surface area (Å²) in [4.78, 5) is 23.4. The highest BCUT2D eigenvalue weighted by Crippen LogP contribution is 2.23. The molecule has 1 saturated heterocycles. The molecule has 3 atom stereocenters. The van der Waals surface area contributed by atoms with Crippen LogP contribution in [0.4, 0.5) is 0 Å². The van der Waals surface area contributed by atoms with E-state index in [1.165, 1.54) is 0 Å². The third-order valence-electron chi connectivity index (χ3n) is 4.01. The van der Waals surface area contributed by atoms with Gasteiger partial charge in [-0.25, -0.2) is 4.79 Å². The molecular weight excluding hydrogens is 353 g/mol. The van der Waals surface area contributed by atoms with Gasteiger partial charge in [-0.1, -0.05) is 23.2 Å². The Bertz CT molecular complexity index is 588. The first-order valence-corrected chi connectivity index (χ1v) is 8.71. The molecule has 0 saturated carbocycles. The van der Waals surface area contributed by atoms with Gasteiger partial charge in [0, 0.05) is 22.9 Å². The van der Waals surface area contributed by atoms with Crippen LogP contribution in [0.25, 0.3) is 0 Å². The van der Waals surface area contributed by atoms with Gasteiger partial charge < -0.3 is 15.2 Å². The molecule has 1 aromatic rings. The molecule has 1 fully saturated rings. The van der Waals surface area contributed by atoms with Crippen molar-refractivity contribution in [3.8, 4) is 0 Å². The maximum Gasteiger partial charge on any atom is 0.326 e. The minimum absolute atomic E-state index is 0.0840. The zero-order valence-electron chi connectivity index (χ0n) is 13.4. The van der Waals surface area contributed by atoms with Crippen molar-refractivity contribution in [3.63, 3.8) is 0 Å². The molecule has 1 amide bonds. The van der Waals surface area contributed by atoms with Crippen LogP contribution in [0.1, 0.15) is 38.2 Å². The van der Waals surface area contributed by atoms with Gasteiger partial charge in [0.1, 0.15) is 6.04 Å². The predicted molar refractivity (Wildman–Crippen MR) is 92.5 cm³/mol. The molecule has 0 aromatic heterocycles. The lowest BCUT2D eigenvalue weighted by atomic mass is 10.1. The zero-order valence-corrected chi connectivity index (χ0v) is 14.9. The van der Waals surface area contributed by atoms with E-state index < -0.39 is 12.0 Å². The Labute approximate surface area is 151 Å². The van der Waals surface area contributed by atoms with E-state index in [-0.39, 0.29) is 31.0 Å². The van der Waals surface area contributed by atoms with E-state index >= 15 is 0 Å². The normalized spacial score (nSPS) is 21.5. The van der Waals surface area contributed by atoms with E-state index in [4.69, 9.17) is 27.9 Å². The van der Waals surface area contributed by atoms with E-state index in [1.54, 1.807) is 18.2 Å². The van der Waals surface area contributed by atoms with Crippen molar-refractivity contribution >= 4 is 35.1 Å². The standard InChI is InChI=1S/C17H21Cl2NO4/c1-10-2-3-14(24-10)4-5-16(21)20-15(17(22)23)8-11-6-12(18)9-13(19)7-11/h6-7,9-10,14-15H,2-5,8H2,1H3,(H,20,21)(H,22,23). The van der Waals surface area contributed by atoms with Crippen molar-refractivity contribution in [3.05, 3.63) is 33.8 Å². The van der Waals surface area contributed by atoms with Gasteiger partial charge >= 0.3 is 5.97 Å². The summed E-state index contributed by atoms with van der Waals surface area (Å²) < 4.78 is 5.66. The molecule has 1 aliphatic heterocycles. The molecular formula is C17H21Cl2NO4. The molecule has 2 rings (SSSR count). The number of hydrogen-bond acceptors (Lipinski definition) is 3. The van der Waals surface area contributed by atoms with Gasteiger partial charge in [-0.3, -0.25) is 4.79 Å². The van der Waals surface area contributed by atoms with Crippen molar-refractivity contribution < 1.29 is 19.4 Å². The molecule has 0 radical (unpaired) electrons. The highest BCUT2D eigenvalue weighted by molar-refractivity contribution is 6.34. The molecule has 1 aliphatic rings. The second kappa shape index (κ2) is 8.70. The average molecular weight is 374 g/mol. The zero-order chi connectivity index (χ0) is 17.7. The smallest absolute Gasteiger partial charge is 0.326 e. The Hall–Kier alpha value is -1.30. The molecule has 1 aromatic carbocycles. The van der Waals surface area contributed by atoms with Crippen molar-refractivity contribution in [2.75, 3.05) is 0 Å². The number of rotatable bonds is 7. The predicted octanol–water partition coefficient (Wildman–Crippen LogP) is 3.45. The van der Waals surface area contributed by atoms with Crippen LogP contribution in [0.2, 0.25) is 10.0 Å². The van der Waals surface area contributed by atoms with Crippen LogP contribution in [0.15, 0.2) is 18.2 Å². The molecule has 1 heterocycles. The van der Waals surface area contributed by atoms with Gasteiger partial charge in [-0.15, -0.1) is 0 Å². The third kappa shape index (κ3) is 5.96. The summed E-state index contributed by atoms with van der Waals surface area (Å²) in [7, 11) is 0. The molecule has 5 nitrogen and oxygen atoms in total. The Morgan fingerprint density at radius 2 is 1.96 bits per heavy atom. The first-order valence-electron chi connectivity index (χ1n) is 7.96. The quantitative estimate of drug-likeness (QED) is 0.767. The van der Waals surface area contributed by atoms with Crippen molar-refractivity contribution in [1.29, 1.82) is 0 Å². The number of hydrogen-bond donors (Lipinski definition) is 2. The largest absolute Gasteiger partial charge is 0.480 e. The molecule has 24 heavy (non-hydrogen) atoms. The van der Waals surface area contributed by atoms with E-state index in [2.05, 4.69) is 5.32 Å². The average Bonchev–Trinajstić information content (AvgIpc) is 2.89. The van der Waals surface area contributed by atoms with Crippen LogP contribution in [-0.4, -0.2) is 35.2 Å². The van der Waals surface area contributed by atoms with Crippen molar-refractivity contribution in [2.24, 2.45) is 0 Å². The first-order chi connectivity index (χ1) is 11.3. The van der Waals surface area contributed by atoms with Gasteiger partial charge in [-0.2, -0.15) is 0 Å². The van der Waals surface area contributed by atoms with Gasteiger partial charge in [0.05, 0.1) is 12.2 Å². The Kier molecular flexibility index (Phi) is 6.90. The monoisotopic (exact) mass is 373 g/mol. The molecule has 0 spiro atoms. The summed E-state index contributed by atoms with van der Waals surface area (Å²) in [5, 5.41) is 12.8. The third-order valence-corrected chi connectivity index (χ3v) is 4.45. The van der Waals surface area contributed by atoms with E-state index in [0.29, 0.717) is 22.0 Å². The van der Waals surface area contributed by atoms with Crippen LogP contribution in [0.5, 0.6) is 0 Å². The fraction of sp³-hybridized carbons (Fsp3) is 0.529. The second-order valence-corrected chi connectivity index (χ2v) is 7.00. The molecule has 7 heteroatoms. The van der Waals surface area contributed by atoms with Crippen LogP contribution in [0.3, 0.4) is 0 Å². The fourth-order valence-corrected chi connectivity index (χ4v) is 3.39. The lowest BCUT2D eigenvalue weighted by molar-refractivity contribution is -0.141. The minimum atomic E-state index is -1.09. The van der Waals surface area contributed by atoms with Gasteiger partial charge in [0.25, 0.3) is 0 Å². The Morgan fingerprint density at radius 3 is 2.50 bits per heavy atom. The number of carbonyl (C=O) groups is 2. The highest BCUT2D eigenvalue weighted by atomic mass is 35.5. The summed E-state index contributed by atoms with van der Waals surface area (Å²) in [6, 6.07) is 3.84. The fourth-order valence-electron chi connectivity index (χ4n) is 2.82. The number of ether oxygens (including phenoxy) is 1. The van der Waals surface area contributed by atoms with Crippen molar-refractivity contribution in [2.45, 2.75) is 57.3 Å². The number of benzene rings is 1. The number of carbonyl (C=O) groups excluding carboxylic acids is 1. The summed E-state index contributed by atoms with van der Waals surface area (Å²) in [5.41, 5.74) is 0.660. The molecule has 132 valence electrons. The number of halogens is 2. The van der Waals surface area contributed by atoms with Crippen molar-refractivity contribution in [1.82, 2.24) is 5.32 Å². The number of amides is 1. The van der Waals surface area contributed by atoms with E-state index in [0.717, 1.165) is 12.8 Å². The van der Waals surface area contributed by atoms with E-state index in [1.807, 2.05) is 6.92 Å². The summed E-state index contributed by atoms with van der Waals surface area (Å²) in [5.74, 6) is -1.39. The molecule has 0 bridgehead atoms. The number of aliphatic carboxylic acids is 1. The summed E-state index contributed by atoms with van der Waals surface area (Å²) >= 11 is 11.8. The van der Waals surface area contributed by atoms with Crippen LogP contribution in [-0.2, 0) is 20.7 Å². The Balaban J connectivity index is 1.88. The second-order valence-electron chi connectivity index (χ2n) is 6.12. The van der Waals surface area contributed by atoms with Gasteiger partial charge in [0.15, 0.2) is 0 Å². The topological polar surface area (TPSA) is 75.6 Å². The van der Waals surface area contributed by atoms with Gasteiger partial charge in [0.2, 0.25) is 5.91 Å². The summed E-state index contributed by atoms with van der Waals surface area (Å²) in [6.07, 6.45) is 3.23. The first kappa shape index (κ1) is 19.0. The molecule has 2 N–H and O–H groups in total. The van der Waals surface area contributed by atoms with Gasteiger partial charge in [-0.05, 0) is 49.9 Å². The molecule has 0 aliphatic carbocycles. The Morgan fingerprint density at radius 1 is 1.29 bits per heavy atom. The lowest BCUT2D eigenvalue weighted by Gasteiger charge is -2.16. The number of carboxylic acid groups (broad SMARTS) is 1. The maximum atomic E-state index is 12.0. The molecule has 3 unspecified atom stereocenters. The maximum absolute atomic E-state index is 12.0. The minimum Gasteiger partial charge on any atom is -0.480 e. The number of carboxylic acids is 1. The van der Waals surface area contributed by atoms with Crippen LogP contribution in [0, 0.1) is 0 Å².